The maximum absolute atomic E-state index is 12.3. The van der Waals surface area contributed by atoms with Gasteiger partial charge in [-0.3, -0.25) is 9.59 Å². The van der Waals surface area contributed by atoms with Gasteiger partial charge in [-0.1, -0.05) is 55.8 Å². The van der Waals surface area contributed by atoms with Crippen molar-refractivity contribution in [3.8, 4) is 0 Å². The molecule has 0 heterocycles. The Morgan fingerprint density at radius 1 is 1.00 bits per heavy atom. The molecule has 2 aromatic rings. The Labute approximate surface area is 149 Å². The van der Waals surface area contributed by atoms with Crippen LogP contribution in [-0.4, -0.2) is 18.4 Å². The van der Waals surface area contributed by atoms with E-state index in [1.807, 2.05) is 51.1 Å². The van der Waals surface area contributed by atoms with Crippen molar-refractivity contribution in [1.29, 1.82) is 0 Å². The molecule has 0 aliphatic carbocycles. The quantitative estimate of drug-likeness (QED) is 0.803. The summed E-state index contributed by atoms with van der Waals surface area (Å²) < 4.78 is 0. The lowest BCUT2D eigenvalue weighted by Crippen LogP contribution is -2.28. The summed E-state index contributed by atoms with van der Waals surface area (Å²) >= 11 is 0. The van der Waals surface area contributed by atoms with E-state index in [-0.39, 0.29) is 11.8 Å². The highest BCUT2D eigenvalue weighted by Gasteiger charge is 2.13. The van der Waals surface area contributed by atoms with Crippen molar-refractivity contribution in [2.45, 2.75) is 33.6 Å². The second kappa shape index (κ2) is 9.02. The molecule has 0 bridgehead atoms. The normalized spacial score (nSPS) is 10.6. The van der Waals surface area contributed by atoms with Gasteiger partial charge in [-0.2, -0.15) is 0 Å². The SMILES string of the molecule is Cc1ccc(CCC(=O)Nc2ccccc2C(=O)NCC(C)C)cc1. The highest BCUT2D eigenvalue weighted by atomic mass is 16.2. The standard InChI is InChI=1S/C21H26N2O2/c1-15(2)14-22-21(25)18-6-4-5-7-19(18)23-20(24)13-12-17-10-8-16(3)9-11-17/h4-11,15H,12-14H2,1-3H3,(H,22,25)(H,23,24). The van der Waals surface area contributed by atoms with Gasteiger partial charge in [0.2, 0.25) is 5.91 Å². The van der Waals surface area contributed by atoms with E-state index in [1.165, 1.54) is 5.56 Å². The molecule has 0 fully saturated rings. The van der Waals surface area contributed by atoms with Crippen LogP contribution >= 0.6 is 0 Å². The van der Waals surface area contributed by atoms with E-state index in [4.69, 9.17) is 0 Å². The zero-order valence-corrected chi connectivity index (χ0v) is 15.1. The van der Waals surface area contributed by atoms with Crippen LogP contribution in [0.15, 0.2) is 48.5 Å². The van der Waals surface area contributed by atoms with Gasteiger partial charge in [0.1, 0.15) is 0 Å². The van der Waals surface area contributed by atoms with Crippen LogP contribution in [0.4, 0.5) is 5.69 Å². The highest BCUT2D eigenvalue weighted by Crippen LogP contribution is 2.16. The van der Waals surface area contributed by atoms with Gasteiger partial charge < -0.3 is 10.6 Å². The van der Waals surface area contributed by atoms with Gasteiger partial charge in [-0.15, -0.1) is 0 Å². The van der Waals surface area contributed by atoms with Gasteiger partial charge in [0.15, 0.2) is 0 Å². The fraction of sp³-hybridized carbons (Fsp3) is 0.333. The number of aryl methyl sites for hydroxylation is 2. The molecule has 0 unspecified atom stereocenters. The van der Waals surface area contributed by atoms with Crippen LogP contribution in [0.1, 0.15) is 41.8 Å². The fourth-order valence-electron chi connectivity index (χ4n) is 2.41. The lowest BCUT2D eigenvalue weighted by molar-refractivity contribution is -0.116. The Hall–Kier alpha value is -2.62. The largest absolute Gasteiger partial charge is 0.352 e. The van der Waals surface area contributed by atoms with Crippen molar-refractivity contribution >= 4 is 17.5 Å². The minimum Gasteiger partial charge on any atom is -0.352 e. The minimum atomic E-state index is -0.164. The summed E-state index contributed by atoms with van der Waals surface area (Å²) in [4.78, 5) is 24.6. The van der Waals surface area contributed by atoms with Crippen molar-refractivity contribution in [2.24, 2.45) is 5.92 Å². The number of nitrogens with one attached hydrogen (secondary N) is 2. The zero-order chi connectivity index (χ0) is 18.2. The Morgan fingerprint density at radius 3 is 2.36 bits per heavy atom. The van der Waals surface area contributed by atoms with Crippen molar-refractivity contribution < 1.29 is 9.59 Å². The summed E-state index contributed by atoms with van der Waals surface area (Å²) in [5.41, 5.74) is 3.38. The average Bonchev–Trinajstić information content (AvgIpc) is 2.59. The molecule has 0 aliphatic rings. The van der Waals surface area contributed by atoms with E-state index in [0.717, 1.165) is 5.56 Å². The number of carbonyl (C=O) groups is 2. The third-order valence-electron chi connectivity index (χ3n) is 3.88. The number of anilines is 1. The van der Waals surface area contributed by atoms with Crippen LogP contribution in [0.2, 0.25) is 0 Å². The summed E-state index contributed by atoms with van der Waals surface area (Å²) in [6, 6.07) is 15.3. The Bertz CT molecular complexity index is 721. The molecular weight excluding hydrogens is 312 g/mol. The van der Waals surface area contributed by atoms with Crippen molar-refractivity contribution in [3.63, 3.8) is 0 Å². The molecular formula is C21H26N2O2. The third kappa shape index (κ3) is 6.07. The van der Waals surface area contributed by atoms with Gasteiger partial charge in [-0.05, 0) is 37.0 Å². The van der Waals surface area contributed by atoms with E-state index in [9.17, 15) is 9.59 Å². The number of amides is 2. The smallest absolute Gasteiger partial charge is 0.253 e. The van der Waals surface area contributed by atoms with Crippen LogP contribution in [0, 0.1) is 12.8 Å². The molecule has 2 rings (SSSR count). The second-order valence-electron chi connectivity index (χ2n) is 6.68. The van der Waals surface area contributed by atoms with Gasteiger partial charge >= 0.3 is 0 Å². The van der Waals surface area contributed by atoms with E-state index in [2.05, 4.69) is 10.6 Å². The number of hydrogen-bond acceptors (Lipinski definition) is 2. The van der Waals surface area contributed by atoms with Crippen molar-refractivity contribution in [1.82, 2.24) is 5.32 Å². The van der Waals surface area contributed by atoms with Crippen LogP contribution in [-0.2, 0) is 11.2 Å². The molecule has 132 valence electrons. The molecule has 0 atom stereocenters. The topological polar surface area (TPSA) is 58.2 Å². The first-order valence-electron chi connectivity index (χ1n) is 8.68. The predicted octanol–water partition coefficient (Wildman–Crippen LogP) is 3.95. The van der Waals surface area contributed by atoms with Crippen molar-refractivity contribution in [3.05, 3.63) is 65.2 Å². The predicted molar refractivity (Wildman–Crippen MR) is 102 cm³/mol. The molecule has 0 spiro atoms. The van der Waals surface area contributed by atoms with Gasteiger partial charge in [0, 0.05) is 13.0 Å². The highest BCUT2D eigenvalue weighted by molar-refractivity contribution is 6.03. The number of rotatable bonds is 7. The van der Waals surface area contributed by atoms with E-state index >= 15 is 0 Å². The Balaban J connectivity index is 1.96. The molecule has 0 saturated carbocycles. The van der Waals surface area contributed by atoms with Crippen LogP contribution < -0.4 is 10.6 Å². The van der Waals surface area contributed by atoms with E-state index < -0.39 is 0 Å². The molecule has 4 heteroatoms. The molecule has 2 aromatic carbocycles. The molecule has 0 aromatic heterocycles. The van der Waals surface area contributed by atoms with E-state index in [0.29, 0.717) is 36.6 Å². The van der Waals surface area contributed by atoms with E-state index in [1.54, 1.807) is 18.2 Å². The van der Waals surface area contributed by atoms with Crippen molar-refractivity contribution in [2.75, 3.05) is 11.9 Å². The molecule has 0 aliphatic heterocycles. The van der Waals surface area contributed by atoms with Gasteiger partial charge in [0.25, 0.3) is 5.91 Å². The molecule has 0 radical (unpaired) electrons. The number of para-hydroxylation sites is 1. The molecule has 4 nitrogen and oxygen atoms in total. The van der Waals surface area contributed by atoms with Crippen LogP contribution in [0.3, 0.4) is 0 Å². The van der Waals surface area contributed by atoms with Crippen LogP contribution in [0.25, 0.3) is 0 Å². The Morgan fingerprint density at radius 2 is 1.68 bits per heavy atom. The minimum absolute atomic E-state index is 0.0929. The fourth-order valence-corrected chi connectivity index (χ4v) is 2.41. The molecule has 0 saturated heterocycles. The average molecular weight is 338 g/mol. The number of hydrogen-bond donors (Lipinski definition) is 2. The monoisotopic (exact) mass is 338 g/mol. The second-order valence-corrected chi connectivity index (χ2v) is 6.68. The summed E-state index contributed by atoms with van der Waals surface area (Å²) in [6.45, 7) is 6.73. The molecule has 2 N–H and O–H groups in total. The maximum atomic E-state index is 12.3. The Kier molecular flexibility index (Phi) is 6.75. The van der Waals surface area contributed by atoms with Gasteiger partial charge in [0.05, 0.1) is 11.3 Å². The lowest BCUT2D eigenvalue weighted by atomic mass is 10.1. The summed E-state index contributed by atoms with van der Waals surface area (Å²) in [5, 5.41) is 5.75. The summed E-state index contributed by atoms with van der Waals surface area (Å²) in [5.74, 6) is 0.119. The maximum Gasteiger partial charge on any atom is 0.253 e. The van der Waals surface area contributed by atoms with Crippen LogP contribution in [0.5, 0.6) is 0 Å². The lowest BCUT2D eigenvalue weighted by Gasteiger charge is -2.12. The first-order valence-corrected chi connectivity index (χ1v) is 8.68. The number of benzene rings is 2. The first kappa shape index (κ1) is 18.7. The van der Waals surface area contributed by atoms with Gasteiger partial charge in [-0.25, -0.2) is 0 Å². The zero-order valence-electron chi connectivity index (χ0n) is 15.1. The summed E-state index contributed by atoms with van der Waals surface area (Å²) in [6.07, 6.45) is 1.05. The molecule has 25 heavy (non-hydrogen) atoms. The molecule has 2 amide bonds. The number of carbonyl (C=O) groups excluding carboxylic acids is 2. The first-order chi connectivity index (χ1) is 12.0. The third-order valence-corrected chi connectivity index (χ3v) is 3.88. The summed E-state index contributed by atoms with van der Waals surface area (Å²) in [7, 11) is 0.